The summed E-state index contributed by atoms with van der Waals surface area (Å²) in [5.74, 6) is 2.58. The minimum atomic E-state index is -0.367. The van der Waals surface area contributed by atoms with E-state index in [4.69, 9.17) is 14.1 Å². The molecule has 0 bridgehead atoms. The van der Waals surface area contributed by atoms with Crippen LogP contribution in [0.4, 0.5) is 5.82 Å². The maximum absolute atomic E-state index is 13.0. The Balaban J connectivity index is 1.44. The number of fused-ring (bicyclic) bond motifs is 1. The zero-order valence-electron chi connectivity index (χ0n) is 19.5. The van der Waals surface area contributed by atoms with Gasteiger partial charge in [-0.15, -0.1) is 0 Å². The van der Waals surface area contributed by atoms with Gasteiger partial charge in [0.15, 0.2) is 0 Å². The minimum absolute atomic E-state index is 0.310. The van der Waals surface area contributed by atoms with Gasteiger partial charge in [0.25, 0.3) is 0 Å². The van der Waals surface area contributed by atoms with Crippen molar-refractivity contribution >= 4 is 16.7 Å². The van der Waals surface area contributed by atoms with Gasteiger partial charge in [0.2, 0.25) is 5.89 Å². The average Bonchev–Trinajstić information content (AvgIpc) is 3.36. The van der Waals surface area contributed by atoms with Gasteiger partial charge in [0, 0.05) is 31.9 Å². The number of pyridine rings is 1. The molecule has 33 heavy (non-hydrogen) atoms. The first-order valence-electron chi connectivity index (χ1n) is 12.1. The van der Waals surface area contributed by atoms with E-state index in [9.17, 15) is 4.79 Å². The Hall–Kier alpha value is -2.93. The van der Waals surface area contributed by atoms with E-state index in [1.165, 1.54) is 32.5 Å². The summed E-state index contributed by atoms with van der Waals surface area (Å²) >= 11 is 0. The molecule has 0 N–H and O–H groups in total. The molecule has 0 amide bonds. The van der Waals surface area contributed by atoms with E-state index in [1.54, 1.807) is 19.4 Å². The lowest BCUT2D eigenvalue weighted by Crippen LogP contribution is -2.38. The third-order valence-corrected chi connectivity index (χ3v) is 7.05. The van der Waals surface area contributed by atoms with Crippen LogP contribution in [0.1, 0.15) is 38.2 Å². The number of ether oxygens (including phenoxy) is 1. The van der Waals surface area contributed by atoms with Crippen LogP contribution in [0.15, 0.2) is 39.7 Å². The lowest BCUT2D eigenvalue weighted by atomic mass is 9.96. The van der Waals surface area contributed by atoms with E-state index in [2.05, 4.69) is 14.8 Å². The van der Waals surface area contributed by atoms with E-state index >= 15 is 0 Å². The zero-order valence-corrected chi connectivity index (χ0v) is 19.5. The molecule has 0 radical (unpaired) electrons. The van der Waals surface area contributed by atoms with Crippen molar-refractivity contribution in [1.82, 2.24) is 14.9 Å². The van der Waals surface area contributed by atoms with Gasteiger partial charge in [-0.2, -0.15) is 0 Å². The average molecular weight is 449 g/mol. The second-order valence-corrected chi connectivity index (χ2v) is 9.15. The highest BCUT2D eigenvalue weighted by molar-refractivity contribution is 5.84. The Morgan fingerprint density at radius 3 is 2.67 bits per heavy atom. The quantitative estimate of drug-likeness (QED) is 0.561. The van der Waals surface area contributed by atoms with E-state index in [0.717, 1.165) is 48.8 Å². The molecule has 174 valence electrons. The molecular weight excluding hydrogens is 416 g/mol. The number of hydrogen-bond acceptors (Lipinski definition) is 7. The number of likely N-dealkylation sites (tertiary alicyclic amines) is 1. The monoisotopic (exact) mass is 448 g/mol. The van der Waals surface area contributed by atoms with Crippen LogP contribution in [-0.4, -0.2) is 54.7 Å². The fourth-order valence-electron chi connectivity index (χ4n) is 5.24. The summed E-state index contributed by atoms with van der Waals surface area (Å²) in [5, 5.41) is 0.523. The molecule has 0 aliphatic carbocycles. The predicted octanol–water partition coefficient (Wildman–Crippen LogP) is 4.13. The second-order valence-electron chi connectivity index (χ2n) is 9.15. The number of aromatic nitrogens is 2. The van der Waals surface area contributed by atoms with Crippen molar-refractivity contribution in [3.63, 3.8) is 0 Å². The van der Waals surface area contributed by atoms with Gasteiger partial charge < -0.3 is 19.0 Å². The molecule has 3 aromatic rings. The number of anilines is 1. The standard InChI is InChI=1S/C26H32N4O3/c1-3-19-15-20(32-2)16-22-23(19)26(31)33-25(28-22)21-7-6-10-27-24(21)30-13-8-18(9-14-30)17-29-11-4-5-12-29/h6-7,10,15-16,18H,3-5,8-9,11-14,17H2,1-2H3. The van der Waals surface area contributed by atoms with Gasteiger partial charge >= 0.3 is 5.63 Å². The summed E-state index contributed by atoms with van der Waals surface area (Å²) in [7, 11) is 1.62. The maximum atomic E-state index is 13.0. The third kappa shape index (κ3) is 4.47. The molecule has 4 heterocycles. The van der Waals surface area contributed by atoms with E-state index in [-0.39, 0.29) is 5.63 Å². The number of rotatable bonds is 6. The van der Waals surface area contributed by atoms with Crippen molar-refractivity contribution < 1.29 is 9.15 Å². The van der Waals surface area contributed by atoms with Crippen molar-refractivity contribution in [2.24, 2.45) is 5.92 Å². The highest BCUT2D eigenvalue weighted by atomic mass is 16.5. The Morgan fingerprint density at radius 1 is 1.15 bits per heavy atom. The van der Waals surface area contributed by atoms with E-state index < -0.39 is 0 Å². The first-order chi connectivity index (χ1) is 16.2. The number of methoxy groups -OCH3 is 1. The predicted molar refractivity (Wildman–Crippen MR) is 130 cm³/mol. The molecule has 2 aromatic heterocycles. The van der Waals surface area contributed by atoms with Gasteiger partial charge in [-0.05, 0) is 74.9 Å². The van der Waals surface area contributed by atoms with Gasteiger partial charge in [-0.25, -0.2) is 14.8 Å². The SMILES string of the molecule is CCc1cc(OC)cc2nc(-c3cccnc3N3CCC(CN4CCCC4)CC3)oc(=O)c12. The summed E-state index contributed by atoms with van der Waals surface area (Å²) in [6, 6.07) is 7.49. The lowest BCUT2D eigenvalue weighted by Gasteiger charge is -2.35. The first kappa shape index (κ1) is 21.9. The molecule has 2 aliphatic heterocycles. The van der Waals surface area contributed by atoms with Crippen LogP contribution < -0.4 is 15.3 Å². The highest BCUT2D eigenvalue weighted by Crippen LogP contribution is 2.32. The van der Waals surface area contributed by atoms with Crippen molar-refractivity contribution in [3.05, 3.63) is 46.4 Å². The molecule has 0 spiro atoms. The number of hydrogen-bond donors (Lipinski definition) is 0. The number of piperidine rings is 1. The Kier molecular flexibility index (Phi) is 6.31. The fourth-order valence-corrected chi connectivity index (χ4v) is 5.24. The van der Waals surface area contributed by atoms with Crippen molar-refractivity contribution in [2.75, 3.05) is 44.7 Å². The smallest absolute Gasteiger partial charge is 0.347 e. The molecule has 0 atom stereocenters. The van der Waals surface area contributed by atoms with Gasteiger partial charge in [0.1, 0.15) is 11.6 Å². The van der Waals surface area contributed by atoms with Crippen molar-refractivity contribution in [3.8, 4) is 17.2 Å². The summed E-state index contributed by atoms with van der Waals surface area (Å²) in [5.41, 5.74) is 1.86. The van der Waals surface area contributed by atoms with Crippen LogP contribution in [0.25, 0.3) is 22.4 Å². The van der Waals surface area contributed by atoms with Crippen molar-refractivity contribution in [1.29, 1.82) is 0 Å². The summed E-state index contributed by atoms with van der Waals surface area (Å²) < 4.78 is 11.2. The number of nitrogens with zero attached hydrogens (tertiary/aromatic N) is 4. The van der Waals surface area contributed by atoms with E-state index in [0.29, 0.717) is 29.0 Å². The Morgan fingerprint density at radius 2 is 1.94 bits per heavy atom. The van der Waals surface area contributed by atoms with Crippen LogP contribution in [-0.2, 0) is 6.42 Å². The number of aryl methyl sites for hydroxylation is 1. The van der Waals surface area contributed by atoms with E-state index in [1.807, 2.05) is 25.1 Å². The van der Waals surface area contributed by atoms with Gasteiger partial charge in [0.05, 0.1) is 23.6 Å². The van der Waals surface area contributed by atoms with Gasteiger partial charge in [-0.1, -0.05) is 6.92 Å². The first-order valence-corrected chi connectivity index (χ1v) is 12.1. The van der Waals surface area contributed by atoms with Crippen molar-refractivity contribution in [2.45, 2.75) is 39.0 Å². The number of benzene rings is 1. The van der Waals surface area contributed by atoms with Crippen LogP contribution >= 0.6 is 0 Å². The molecular formula is C26H32N4O3. The molecule has 2 fully saturated rings. The topological polar surface area (TPSA) is 71.7 Å². The highest BCUT2D eigenvalue weighted by Gasteiger charge is 2.26. The zero-order chi connectivity index (χ0) is 22.8. The fraction of sp³-hybridized carbons (Fsp3) is 0.500. The van der Waals surface area contributed by atoms with Crippen LogP contribution in [0.5, 0.6) is 5.75 Å². The molecule has 1 aromatic carbocycles. The largest absolute Gasteiger partial charge is 0.497 e. The van der Waals surface area contributed by atoms with Crippen LogP contribution in [0.2, 0.25) is 0 Å². The molecule has 0 unspecified atom stereocenters. The maximum Gasteiger partial charge on any atom is 0.347 e. The van der Waals surface area contributed by atoms with Crippen LogP contribution in [0.3, 0.4) is 0 Å². The molecule has 0 saturated carbocycles. The normalized spacial score (nSPS) is 17.7. The van der Waals surface area contributed by atoms with Crippen LogP contribution in [0, 0.1) is 5.92 Å². The van der Waals surface area contributed by atoms with Gasteiger partial charge in [-0.3, -0.25) is 0 Å². The molecule has 5 rings (SSSR count). The lowest BCUT2D eigenvalue weighted by molar-refractivity contribution is 0.249. The Labute approximate surface area is 194 Å². The summed E-state index contributed by atoms with van der Waals surface area (Å²) in [6.07, 6.45) is 7.48. The molecule has 2 saturated heterocycles. The second kappa shape index (κ2) is 9.51. The summed E-state index contributed by atoms with van der Waals surface area (Å²) in [6.45, 7) is 7.63. The summed E-state index contributed by atoms with van der Waals surface area (Å²) in [4.78, 5) is 27.3. The Bertz CT molecular complexity index is 1180. The molecule has 2 aliphatic rings. The molecule has 7 nitrogen and oxygen atoms in total. The minimum Gasteiger partial charge on any atom is -0.497 e. The third-order valence-electron chi connectivity index (χ3n) is 7.05. The molecule has 7 heteroatoms.